The van der Waals surface area contributed by atoms with Crippen LogP contribution in [-0.2, 0) is 6.42 Å². The van der Waals surface area contributed by atoms with Crippen molar-refractivity contribution in [3.63, 3.8) is 0 Å². The molecule has 0 aromatic carbocycles. The standard InChI is InChI=1S/C14H19NO/c1-10-13-11(5-4-8-15-13)9-12-6-2-3-7-14(10,12)16/h4-5,8,10,12,16H,2-3,6-7,9H2,1H3/t10-,12+,14-/m1/s1. The van der Waals surface area contributed by atoms with Crippen LogP contribution < -0.4 is 0 Å². The van der Waals surface area contributed by atoms with Gasteiger partial charge in [0.25, 0.3) is 0 Å². The van der Waals surface area contributed by atoms with E-state index in [1.807, 2.05) is 12.3 Å². The Morgan fingerprint density at radius 3 is 3.19 bits per heavy atom. The molecule has 2 nitrogen and oxygen atoms in total. The zero-order chi connectivity index (χ0) is 11.2. The van der Waals surface area contributed by atoms with Gasteiger partial charge in [0.15, 0.2) is 0 Å². The number of aromatic nitrogens is 1. The van der Waals surface area contributed by atoms with E-state index in [4.69, 9.17) is 0 Å². The molecule has 0 aliphatic heterocycles. The summed E-state index contributed by atoms with van der Waals surface area (Å²) >= 11 is 0. The predicted molar refractivity (Wildman–Crippen MR) is 63.3 cm³/mol. The van der Waals surface area contributed by atoms with Crippen LogP contribution in [0.4, 0.5) is 0 Å². The first kappa shape index (κ1) is 10.3. The number of hydrogen-bond acceptors (Lipinski definition) is 2. The summed E-state index contributed by atoms with van der Waals surface area (Å²) in [7, 11) is 0. The molecule has 0 saturated heterocycles. The number of aliphatic hydroxyl groups is 1. The fourth-order valence-electron chi connectivity index (χ4n) is 3.62. The van der Waals surface area contributed by atoms with Gasteiger partial charge >= 0.3 is 0 Å². The van der Waals surface area contributed by atoms with Crippen LogP contribution in [0.25, 0.3) is 0 Å². The number of pyridine rings is 1. The van der Waals surface area contributed by atoms with Gasteiger partial charge in [-0.25, -0.2) is 0 Å². The molecule has 2 aliphatic rings. The van der Waals surface area contributed by atoms with Gasteiger partial charge < -0.3 is 5.11 Å². The molecule has 0 bridgehead atoms. The van der Waals surface area contributed by atoms with Gasteiger partial charge in [-0.3, -0.25) is 4.98 Å². The van der Waals surface area contributed by atoms with Crippen LogP contribution in [0.2, 0.25) is 0 Å². The average molecular weight is 217 g/mol. The lowest BCUT2D eigenvalue weighted by Crippen LogP contribution is -2.49. The quantitative estimate of drug-likeness (QED) is 0.724. The lowest BCUT2D eigenvalue weighted by atomic mass is 9.62. The van der Waals surface area contributed by atoms with Crippen molar-refractivity contribution in [3.05, 3.63) is 29.6 Å². The summed E-state index contributed by atoms with van der Waals surface area (Å²) in [6, 6.07) is 4.19. The molecule has 16 heavy (non-hydrogen) atoms. The number of nitrogens with zero attached hydrogens (tertiary/aromatic N) is 1. The van der Waals surface area contributed by atoms with Gasteiger partial charge in [0.1, 0.15) is 0 Å². The molecule has 0 radical (unpaired) electrons. The second-order valence-corrected chi connectivity index (χ2v) is 5.41. The molecule has 2 heteroatoms. The van der Waals surface area contributed by atoms with Gasteiger partial charge in [-0.05, 0) is 36.8 Å². The van der Waals surface area contributed by atoms with E-state index >= 15 is 0 Å². The monoisotopic (exact) mass is 217 g/mol. The minimum Gasteiger partial charge on any atom is -0.389 e. The Balaban J connectivity index is 2.06. The molecule has 1 fully saturated rings. The van der Waals surface area contributed by atoms with Gasteiger partial charge in [-0.1, -0.05) is 25.8 Å². The molecular weight excluding hydrogens is 198 g/mol. The minimum absolute atomic E-state index is 0.197. The zero-order valence-electron chi connectivity index (χ0n) is 9.82. The van der Waals surface area contributed by atoms with Crippen molar-refractivity contribution in [2.45, 2.75) is 50.5 Å². The smallest absolute Gasteiger partial charge is 0.0759 e. The lowest BCUT2D eigenvalue weighted by Gasteiger charge is -2.47. The van der Waals surface area contributed by atoms with E-state index in [1.165, 1.54) is 24.8 Å². The molecule has 1 aromatic heterocycles. The Hall–Kier alpha value is -0.890. The first-order valence-electron chi connectivity index (χ1n) is 6.38. The van der Waals surface area contributed by atoms with Crippen LogP contribution in [0.3, 0.4) is 0 Å². The highest BCUT2D eigenvalue weighted by atomic mass is 16.3. The fourth-order valence-corrected chi connectivity index (χ4v) is 3.62. The van der Waals surface area contributed by atoms with Crippen LogP contribution in [0.1, 0.15) is 49.8 Å². The third-order valence-electron chi connectivity index (χ3n) is 4.64. The van der Waals surface area contributed by atoms with Crippen molar-refractivity contribution >= 4 is 0 Å². The minimum atomic E-state index is -0.487. The van der Waals surface area contributed by atoms with Gasteiger partial charge in [0.2, 0.25) is 0 Å². The van der Waals surface area contributed by atoms with Crippen molar-refractivity contribution in [2.24, 2.45) is 5.92 Å². The fraction of sp³-hybridized carbons (Fsp3) is 0.643. The second-order valence-electron chi connectivity index (χ2n) is 5.41. The first-order chi connectivity index (χ1) is 7.72. The third-order valence-corrected chi connectivity index (χ3v) is 4.64. The van der Waals surface area contributed by atoms with Crippen molar-refractivity contribution in [1.82, 2.24) is 4.98 Å². The number of fused-ring (bicyclic) bond motifs is 2. The Bertz CT molecular complexity index is 403. The Morgan fingerprint density at radius 2 is 2.31 bits per heavy atom. The molecular formula is C14H19NO. The molecule has 1 saturated carbocycles. The zero-order valence-corrected chi connectivity index (χ0v) is 9.82. The van der Waals surface area contributed by atoms with Crippen LogP contribution in [0.5, 0.6) is 0 Å². The molecule has 1 aromatic rings. The third kappa shape index (κ3) is 1.32. The van der Waals surface area contributed by atoms with E-state index < -0.39 is 5.60 Å². The maximum atomic E-state index is 10.9. The largest absolute Gasteiger partial charge is 0.389 e. The molecule has 3 atom stereocenters. The van der Waals surface area contributed by atoms with Crippen molar-refractivity contribution < 1.29 is 5.11 Å². The second kappa shape index (κ2) is 3.56. The van der Waals surface area contributed by atoms with E-state index in [0.717, 1.165) is 18.5 Å². The van der Waals surface area contributed by atoms with E-state index in [0.29, 0.717) is 5.92 Å². The first-order valence-corrected chi connectivity index (χ1v) is 6.38. The number of hydrogen-bond donors (Lipinski definition) is 1. The molecule has 2 aliphatic carbocycles. The summed E-state index contributed by atoms with van der Waals surface area (Å²) in [6.45, 7) is 2.14. The molecule has 3 rings (SSSR count). The molecule has 0 spiro atoms. The summed E-state index contributed by atoms with van der Waals surface area (Å²) in [6.07, 6.45) is 7.44. The number of rotatable bonds is 0. The molecule has 1 heterocycles. The summed E-state index contributed by atoms with van der Waals surface area (Å²) in [5, 5.41) is 10.9. The Kier molecular flexibility index (Phi) is 2.28. The highest BCUT2D eigenvalue weighted by Gasteiger charge is 2.47. The average Bonchev–Trinajstić information content (AvgIpc) is 2.31. The predicted octanol–water partition coefficient (Wildman–Crippen LogP) is 2.66. The van der Waals surface area contributed by atoms with Gasteiger partial charge in [0.05, 0.1) is 5.60 Å². The molecule has 0 unspecified atom stereocenters. The Labute approximate surface area is 96.7 Å². The lowest BCUT2D eigenvalue weighted by molar-refractivity contribution is -0.0741. The maximum Gasteiger partial charge on any atom is 0.0759 e. The molecule has 1 N–H and O–H groups in total. The van der Waals surface area contributed by atoms with Crippen molar-refractivity contribution in [1.29, 1.82) is 0 Å². The van der Waals surface area contributed by atoms with Crippen LogP contribution in [-0.4, -0.2) is 15.7 Å². The van der Waals surface area contributed by atoms with Gasteiger partial charge in [-0.2, -0.15) is 0 Å². The van der Waals surface area contributed by atoms with E-state index in [9.17, 15) is 5.11 Å². The van der Waals surface area contributed by atoms with Crippen molar-refractivity contribution in [3.8, 4) is 0 Å². The highest BCUT2D eigenvalue weighted by Crippen LogP contribution is 2.48. The SMILES string of the molecule is C[C@@H]1c2ncccc2C[C@@H]2CCCC[C@]21O. The van der Waals surface area contributed by atoms with Crippen molar-refractivity contribution in [2.75, 3.05) is 0 Å². The summed E-state index contributed by atoms with van der Waals surface area (Å²) in [5.41, 5.74) is 1.99. The van der Waals surface area contributed by atoms with Gasteiger partial charge in [-0.15, -0.1) is 0 Å². The van der Waals surface area contributed by atoms with Crippen LogP contribution in [0, 0.1) is 5.92 Å². The normalized spacial score (nSPS) is 37.6. The Morgan fingerprint density at radius 1 is 1.44 bits per heavy atom. The summed E-state index contributed by atoms with van der Waals surface area (Å²) < 4.78 is 0. The topological polar surface area (TPSA) is 33.1 Å². The summed E-state index contributed by atoms with van der Waals surface area (Å²) in [5.74, 6) is 0.649. The van der Waals surface area contributed by atoms with Gasteiger partial charge in [0, 0.05) is 17.8 Å². The van der Waals surface area contributed by atoms with E-state index in [2.05, 4.69) is 18.0 Å². The van der Waals surface area contributed by atoms with E-state index in [1.54, 1.807) is 0 Å². The molecule has 0 amide bonds. The van der Waals surface area contributed by atoms with Crippen LogP contribution >= 0.6 is 0 Å². The van der Waals surface area contributed by atoms with E-state index in [-0.39, 0.29) is 5.92 Å². The maximum absolute atomic E-state index is 10.9. The van der Waals surface area contributed by atoms with Crippen LogP contribution in [0.15, 0.2) is 18.3 Å². The summed E-state index contributed by atoms with van der Waals surface area (Å²) in [4.78, 5) is 4.48. The highest BCUT2D eigenvalue weighted by molar-refractivity contribution is 5.31. The molecule has 86 valence electrons.